The van der Waals surface area contributed by atoms with Crippen molar-refractivity contribution in [3.8, 4) is 0 Å². The molecule has 2 nitrogen and oxygen atoms in total. The van der Waals surface area contributed by atoms with E-state index >= 15 is 0 Å². The fourth-order valence-corrected chi connectivity index (χ4v) is 1.22. The van der Waals surface area contributed by atoms with Gasteiger partial charge in [-0.15, -0.1) is 0 Å². The first kappa shape index (κ1) is 8.91. The number of benzene rings is 1. The minimum Gasteiger partial charge on any atom is -0.399 e. The second-order valence-electron chi connectivity index (χ2n) is 4.10. The van der Waals surface area contributed by atoms with Crippen molar-refractivity contribution < 1.29 is 0 Å². The van der Waals surface area contributed by atoms with Gasteiger partial charge in [-0.2, -0.15) is 0 Å². The molecule has 0 spiro atoms. The van der Waals surface area contributed by atoms with E-state index in [9.17, 15) is 0 Å². The van der Waals surface area contributed by atoms with Crippen LogP contribution < -0.4 is 11.5 Å². The smallest absolute Gasteiger partial charge is 0.0353 e. The van der Waals surface area contributed by atoms with E-state index in [-0.39, 0.29) is 5.41 Å². The summed E-state index contributed by atoms with van der Waals surface area (Å²) in [5.74, 6) is 0. The van der Waals surface area contributed by atoms with Crippen molar-refractivity contribution >= 4 is 11.4 Å². The van der Waals surface area contributed by atoms with Crippen molar-refractivity contribution in [3.63, 3.8) is 0 Å². The molecule has 0 heterocycles. The average molecular weight is 164 g/mol. The summed E-state index contributed by atoms with van der Waals surface area (Å²) in [6.45, 7) is 6.37. The molecule has 0 saturated carbocycles. The standard InChI is InChI=1S/C10H16N2/c1-10(2,3)8-6-7(11)4-5-9(8)12/h4-6H,11-12H2,1-3H3. The van der Waals surface area contributed by atoms with E-state index in [1.54, 1.807) is 0 Å². The van der Waals surface area contributed by atoms with Gasteiger partial charge in [0.05, 0.1) is 0 Å². The average Bonchev–Trinajstić information content (AvgIpc) is 1.92. The molecule has 0 aliphatic rings. The molecular formula is C10H16N2. The predicted octanol–water partition coefficient (Wildman–Crippen LogP) is 2.15. The zero-order chi connectivity index (χ0) is 9.35. The van der Waals surface area contributed by atoms with Crippen LogP contribution in [0.15, 0.2) is 18.2 Å². The minimum atomic E-state index is 0.0689. The Bertz CT molecular complexity index is 284. The molecule has 0 fully saturated rings. The number of rotatable bonds is 0. The van der Waals surface area contributed by atoms with Gasteiger partial charge in [0.2, 0.25) is 0 Å². The lowest BCUT2D eigenvalue weighted by molar-refractivity contribution is 0.593. The van der Waals surface area contributed by atoms with Crippen LogP contribution >= 0.6 is 0 Å². The third kappa shape index (κ3) is 1.70. The molecule has 0 amide bonds. The molecule has 66 valence electrons. The Labute approximate surface area is 73.6 Å². The largest absolute Gasteiger partial charge is 0.399 e. The van der Waals surface area contributed by atoms with Gasteiger partial charge in [-0.05, 0) is 29.2 Å². The highest BCUT2D eigenvalue weighted by Crippen LogP contribution is 2.28. The summed E-state index contributed by atoms with van der Waals surface area (Å²) >= 11 is 0. The van der Waals surface area contributed by atoms with Gasteiger partial charge in [-0.25, -0.2) is 0 Å². The molecule has 12 heavy (non-hydrogen) atoms. The molecule has 0 radical (unpaired) electrons. The highest BCUT2D eigenvalue weighted by molar-refractivity contribution is 5.57. The summed E-state index contributed by atoms with van der Waals surface area (Å²) in [7, 11) is 0. The van der Waals surface area contributed by atoms with Crippen molar-refractivity contribution in [2.45, 2.75) is 26.2 Å². The first-order valence-electron chi connectivity index (χ1n) is 4.07. The van der Waals surface area contributed by atoms with Crippen molar-refractivity contribution in [3.05, 3.63) is 23.8 Å². The van der Waals surface area contributed by atoms with Crippen molar-refractivity contribution in [2.75, 3.05) is 11.5 Å². The molecule has 0 atom stereocenters. The summed E-state index contributed by atoms with van der Waals surface area (Å²) in [5.41, 5.74) is 14.3. The van der Waals surface area contributed by atoms with Gasteiger partial charge in [0.25, 0.3) is 0 Å². The van der Waals surface area contributed by atoms with Crippen LogP contribution in [0.2, 0.25) is 0 Å². The number of hydrogen-bond donors (Lipinski definition) is 2. The maximum atomic E-state index is 5.82. The molecule has 0 aliphatic carbocycles. The summed E-state index contributed by atoms with van der Waals surface area (Å²) in [4.78, 5) is 0. The predicted molar refractivity (Wildman–Crippen MR) is 54.0 cm³/mol. The highest BCUT2D eigenvalue weighted by atomic mass is 14.6. The van der Waals surface area contributed by atoms with Crippen LogP contribution in [0, 0.1) is 0 Å². The van der Waals surface area contributed by atoms with E-state index in [0.717, 1.165) is 16.9 Å². The van der Waals surface area contributed by atoms with Crippen LogP contribution in [0.5, 0.6) is 0 Å². The number of nitrogen functional groups attached to an aromatic ring is 2. The second-order valence-corrected chi connectivity index (χ2v) is 4.10. The van der Waals surface area contributed by atoms with Crippen molar-refractivity contribution in [1.29, 1.82) is 0 Å². The Morgan fingerprint density at radius 1 is 1.08 bits per heavy atom. The van der Waals surface area contributed by atoms with Gasteiger partial charge in [-0.1, -0.05) is 20.8 Å². The van der Waals surface area contributed by atoms with Gasteiger partial charge in [0.1, 0.15) is 0 Å². The fraction of sp³-hybridized carbons (Fsp3) is 0.400. The lowest BCUT2D eigenvalue weighted by Crippen LogP contribution is -2.14. The summed E-state index contributed by atoms with van der Waals surface area (Å²) in [5, 5.41) is 0. The van der Waals surface area contributed by atoms with Crippen molar-refractivity contribution in [2.24, 2.45) is 0 Å². The van der Waals surface area contributed by atoms with Crippen LogP contribution in [0.4, 0.5) is 11.4 Å². The first-order chi connectivity index (χ1) is 5.41. The molecule has 0 unspecified atom stereocenters. The van der Waals surface area contributed by atoms with Gasteiger partial charge >= 0.3 is 0 Å². The Kier molecular flexibility index (Phi) is 2.01. The number of hydrogen-bond acceptors (Lipinski definition) is 2. The molecule has 2 heteroatoms. The molecule has 0 aromatic heterocycles. The number of nitrogens with two attached hydrogens (primary N) is 2. The summed E-state index contributed by atoms with van der Waals surface area (Å²) < 4.78 is 0. The second kappa shape index (κ2) is 2.70. The summed E-state index contributed by atoms with van der Waals surface area (Å²) in [6.07, 6.45) is 0. The van der Waals surface area contributed by atoms with Crippen molar-refractivity contribution in [1.82, 2.24) is 0 Å². The molecule has 1 aromatic rings. The molecular weight excluding hydrogens is 148 g/mol. The maximum Gasteiger partial charge on any atom is 0.0353 e. The van der Waals surface area contributed by atoms with Crippen LogP contribution in [0.25, 0.3) is 0 Å². The first-order valence-corrected chi connectivity index (χ1v) is 4.07. The normalized spacial score (nSPS) is 11.6. The molecule has 4 N–H and O–H groups in total. The third-order valence-electron chi connectivity index (χ3n) is 1.89. The molecule has 0 saturated heterocycles. The van der Waals surface area contributed by atoms with Crippen LogP contribution in [-0.2, 0) is 5.41 Å². The quantitative estimate of drug-likeness (QED) is 0.577. The Morgan fingerprint density at radius 2 is 1.67 bits per heavy atom. The van der Waals surface area contributed by atoms with Crippen LogP contribution in [0.3, 0.4) is 0 Å². The highest BCUT2D eigenvalue weighted by Gasteiger charge is 2.16. The Hall–Kier alpha value is -1.18. The topological polar surface area (TPSA) is 52.0 Å². The monoisotopic (exact) mass is 164 g/mol. The SMILES string of the molecule is CC(C)(C)c1cc(N)ccc1N. The lowest BCUT2D eigenvalue weighted by atomic mass is 9.85. The molecule has 1 aromatic carbocycles. The van der Waals surface area contributed by atoms with Gasteiger partial charge in [0, 0.05) is 11.4 Å². The Morgan fingerprint density at radius 3 is 2.08 bits per heavy atom. The van der Waals surface area contributed by atoms with Gasteiger partial charge in [0.15, 0.2) is 0 Å². The van der Waals surface area contributed by atoms with Crippen LogP contribution in [0.1, 0.15) is 26.3 Å². The maximum absolute atomic E-state index is 5.82. The molecule has 0 aliphatic heterocycles. The zero-order valence-corrected chi connectivity index (χ0v) is 7.89. The van der Waals surface area contributed by atoms with E-state index in [0.29, 0.717) is 0 Å². The Balaban J connectivity index is 3.23. The zero-order valence-electron chi connectivity index (χ0n) is 7.89. The van der Waals surface area contributed by atoms with E-state index in [4.69, 9.17) is 11.5 Å². The molecule has 1 rings (SSSR count). The van der Waals surface area contributed by atoms with E-state index < -0.39 is 0 Å². The van der Waals surface area contributed by atoms with E-state index in [2.05, 4.69) is 20.8 Å². The summed E-state index contributed by atoms with van der Waals surface area (Å²) in [6, 6.07) is 5.62. The molecule has 0 bridgehead atoms. The van der Waals surface area contributed by atoms with E-state index in [1.807, 2.05) is 18.2 Å². The minimum absolute atomic E-state index is 0.0689. The fourth-order valence-electron chi connectivity index (χ4n) is 1.22. The van der Waals surface area contributed by atoms with E-state index in [1.165, 1.54) is 0 Å². The lowest BCUT2D eigenvalue weighted by Gasteiger charge is -2.21. The number of anilines is 2. The van der Waals surface area contributed by atoms with Gasteiger partial charge in [-0.3, -0.25) is 0 Å². The van der Waals surface area contributed by atoms with Gasteiger partial charge < -0.3 is 11.5 Å². The third-order valence-corrected chi connectivity index (χ3v) is 1.89. The van der Waals surface area contributed by atoms with Crippen LogP contribution in [-0.4, -0.2) is 0 Å².